The fourth-order valence-electron chi connectivity index (χ4n) is 2.91. The third kappa shape index (κ3) is 5.37. The summed E-state index contributed by atoms with van der Waals surface area (Å²) < 4.78 is 5.53. The van der Waals surface area contributed by atoms with Crippen LogP contribution in [0.1, 0.15) is 16.8 Å². The van der Waals surface area contributed by atoms with Gasteiger partial charge in [-0.3, -0.25) is 9.59 Å². The van der Waals surface area contributed by atoms with Gasteiger partial charge in [-0.2, -0.15) is 0 Å². The first kappa shape index (κ1) is 19.5. The van der Waals surface area contributed by atoms with Crippen LogP contribution in [-0.2, 0) is 4.79 Å². The zero-order valence-corrected chi connectivity index (χ0v) is 16.2. The molecule has 1 aliphatic heterocycles. The number of amides is 2. The van der Waals surface area contributed by atoms with Crippen LogP contribution in [0.4, 0.5) is 0 Å². The first-order valence-electron chi connectivity index (χ1n) is 8.74. The Morgan fingerprint density at radius 3 is 2.04 bits per heavy atom. The third-order valence-electron chi connectivity index (χ3n) is 4.40. The molecule has 1 aliphatic rings. The topological polar surface area (TPSA) is 49.9 Å². The molecule has 0 saturated carbocycles. The monoisotopic (exact) mass is 406 g/mol. The molecule has 0 aliphatic carbocycles. The number of ether oxygens (including phenoxy) is 1. The summed E-state index contributed by atoms with van der Waals surface area (Å²) in [5, 5.41) is 1.21. The van der Waals surface area contributed by atoms with Crippen molar-refractivity contribution in [3.8, 4) is 5.75 Å². The first-order valence-corrected chi connectivity index (χ1v) is 9.49. The summed E-state index contributed by atoms with van der Waals surface area (Å²) in [7, 11) is 0. The average molecular weight is 407 g/mol. The fourth-order valence-corrected chi connectivity index (χ4v) is 3.16. The molecule has 142 valence electrons. The number of halogens is 2. The van der Waals surface area contributed by atoms with Gasteiger partial charge < -0.3 is 14.5 Å². The Balaban J connectivity index is 1.52. The van der Waals surface area contributed by atoms with E-state index in [0.29, 0.717) is 47.5 Å². The summed E-state index contributed by atoms with van der Waals surface area (Å²) in [6.45, 7) is 2.17. The molecule has 5 nitrogen and oxygen atoms in total. The summed E-state index contributed by atoms with van der Waals surface area (Å²) in [4.78, 5) is 28.6. The van der Waals surface area contributed by atoms with E-state index in [2.05, 4.69) is 0 Å². The van der Waals surface area contributed by atoms with Crippen LogP contribution in [0.2, 0.25) is 10.0 Å². The number of nitrogens with zero attached hydrogens (tertiary/aromatic N) is 2. The molecular weight excluding hydrogens is 387 g/mol. The normalized spacial score (nSPS) is 14.6. The van der Waals surface area contributed by atoms with Crippen LogP contribution in [-0.4, -0.2) is 54.4 Å². The highest BCUT2D eigenvalue weighted by molar-refractivity contribution is 6.30. The third-order valence-corrected chi connectivity index (χ3v) is 4.91. The molecular formula is C20H20Cl2N2O3. The highest BCUT2D eigenvalue weighted by atomic mass is 35.5. The predicted octanol–water partition coefficient (Wildman–Crippen LogP) is 3.75. The van der Waals surface area contributed by atoms with Gasteiger partial charge >= 0.3 is 0 Å². The molecule has 0 aromatic heterocycles. The van der Waals surface area contributed by atoms with E-state index < -0.39 is 0 Å². The van der Waals surface area contributed by atoms with Gasteiger partial charge in [-0.1, -0.05) is 23.2 Å². The van der Waals surface area contributed by atoms with Crippen molar-refractivity contribution in [2.45, 2.75) is 6.42 Å². The molecule has 7 heteroatoms. The summed E-state index contributed by atoms with van der Waals surface area (Å²) in [5.41, 5.74) is 0.602. The van der Waals surface area contributed by atoms with Gasteiger partial charge in [0.1, 0.15) is 5.75 Å². The second-order valence-electron chi connectivity index (χ2n) is 6.28. The number of carbonyl (C=O) groups excluding carboxylic acids is 2. The highest BCUT2D eigenvalue weighted by Crippen LogP contribution is 2.16. The van der Waals surface area contributed by atoms with Crippen LogP contribution in [0.5, 0.6) is 5.75 Å². The van der Waals surface area contributed by atoms with Crippen LogP contribution in [0, 0.1) is 0 Å². The fraction of sp³-hybridized carbons (Fsp3) is 0.300. The van der Waals surface area contributed by atoms with E-state index in [1.807, 2.05) is 0 Å². The predicted molar refractivity (Wildman–Crippen MR) is 105 cm³/mol. The van der Waals surface area contributed by atoms with E-state index in [-0.39, 0.29) is 18.4 Å². The molecule has 0 unspecified atom stereocenters. The Labute approximate surface area is 168 Å². The molecule has 1 saturated heterocycles. The number of benzene rings is 2. The SMILES string of the molecule is O=C(COc1ccc(Cl)cc1)N1CCCN(C(=O)c2ccc(Cl)cc2)CC1. The van der Waals surface area contributed by atoms with Gasteiger partial charge in [0, 0.05) is 41.8 Å². The van der Waals surface area contributed by atoms with E-state index in [9.17, 15) is 9.59 Å². The molecule has 0 radical (unpaired) electrons. The Morgan fingerprint density at radius 1 is 0.815 bits per heavy atom. The molecule has 2 amide bonds. The van der Waals surface area contributed by atoms with Crippen molar-refractivity contribution < 1.29 is 14.3 Å². The summed E-state index contributed by atoms with van der Waals surface area (Å²) in [6.07, 6.45) is 0.728. The van der Waals surface area contributed by atoms with Crippen LogP contribution in [0.15, 0.2) is 48.5 Å². The minimum absolute atomic E-state index is 0.0350. The maximum absolute atomic E-state index is 12.6. The zero-order valence-electron chi connectivity index (χ0n) is 14.7. The smallest absolute Gasteiger partial charge is 0.260 e. The molecule has 27 heavy (non-hydrogen) atoms. The lowest BCUT2D eigenvalue weighted by molar-refractivity contribution is -0.133. The molecule has 1 fully saturated rings. The molecule has 0 N–H and O–H groups in total. The van der Waals surface area contributed by atoms with E-state index in [0.717, 1.165) is 6.42 Å². The van der Waals surface area contributed by atoms with Crippen LogP contribution >= 0.6 is 23.2 Å². The van der Waals surface area contributed by atoms with Crippen molar-refractivity contribution in [1.29, 1.82) is 0 Å². The van der Waals surface area contributed by atoms with Crippen molar-refractivity contribution in [2.24, 2.45) is 0 Å². The Bertz CT molecular complexity index is 794. The lowest BCUT2D eigenvalue weighted by atomic mass is 10.2. The summed E-state index contributed by atoms with van der Waals surface area (Å²) >= 11 is 11.7. The maximum Gasteiger partial charge on any atom is 0.260 e. The van der Waals surface area contributed by atoms with E-state index in [1.165, 1.54) is 0 Å². The molecule has 0 spiro atoms. The minimum atomic E-state index is -0.0919. The molecule has 0 atom stereocenters. The molecule has 1 heterocycles. The second-order valence-corrected chi connectivity index (χ2v) is 7.15. The zero-order chi connectivity index (χ0) is 19.2. The van der Waals surface area contributed by atoms with Crippen LogP contribution in [0.25, 0.3) is 0 Å². The minimum Gasteiger partial charge on any atom is -0.484 e. The van der Waals surface area contributed by atoms with Gasteiger partial charge in [0.05, 0.1) is 0 Å². The lowest BCUT2D eigenvalue weighted by Crippen LogP contribution is -2.39. The Hall–Kier alpha value is -2.24. The maximum atomic E-state index is 12.6. The van der Waals surface area contributed by atoms with Gasteiger partial charge in [-0.15, -0.1) is 0 Å². The summed E-state index contributed by atoms with van der Waals surface area (Å²) in [6, 6.07) is 13.7. The van der Waals surface area contributed by atoms with Crippen molar-refractivity contribution in [1.82, 2.24) is 9.80 Å². The largest absolute Gasteiger partial charge is 0.484 e. The van der Waals surface area contributed by atoms with Gasteiger partial charge in [0.25, 0.3) is 11.8 Å². The average Bonchev–Trinajstić information content (AvgIpc) is 2.94. The van der Waals surface area contributed by atoms with Gasteiger partial charge in [-0.05, 0) is 55.0 Å². The first-order chi connectivity index (χ1) is 13.0. The molecule has 3 rings (SSSR count). The van der Waals surface area contributed by atoms with Gasteiger partial charge in [0.2, 0.25) is 0 Å². The number of carbonyl (C=O) groups is 2. The standard InChI is InChI=1S/C20H20Cl2N2O3/c21-16-4-2-15(3-5-16)20(26)24-11-1-10-23(12-13-24)19(25)14-27-18-8-6-17(22)7-9-18/h2-9H,1,10-14H2. The summed E-state index contributed by atoms with van der Waals surface area (Å²) in [5.74, 6) is 0.464. The van der Waals surface area contributed by atoms with Crippen molar-refractivity contribution in [2.75, 3.05) is 32.8 Å². The Morgan fingerprint density at radius 2 is 1.37 bits per heavy atom. The van der Waals surface area contributed by atoms with E-state index in [4.69, 9.17) is 27.9 Å². The number of hydrogen-bond donors (Lipinski definition) is 0. The Kier molecular flexibility index (Phi) is 6.58. The highest BCUT2D eigenvalue weighted by Gasteiger charge is 2.23. The number of rotatable bonds is 4. The van der Waals surface area contributed by atoms with E-state index in [1.54, 1.807) is 58.3 Å². The van der Waals surface area contributed by atoms with Gasteiger partial charge in [0.15, 0.2) is 6.61 Å². The molecule has 0 bridgehead atoms. The lowest BCUT2D eigenvalue weighted by Gasteiger charge is -2.22. The molecule has 2 aromatic carbocycles. The van der Waals surface area contributed by atoms with Crippen LogP contribution < -0.4 is 4.74 Å². The van der Waals surface area contributed by atoms with Crippen molar-refractivity contribution >= 4 is 35.0 Å². The van der Waals surface area contributed by atoms with Gasteiger partial charge in [-0.25, -0.2) is 0 Å². The van der Waals surface area contributed by atoms with Crippen molar-refractivity contribution in [3.63, 3.8) is 0 Å². The number of hydrogen-bond acceptors (Lipinski definition) is 3. The molecule has 2 aromatic rings. The van der Waals surface area contributed by atoms with Crippen molar-refractivity contribution in [3.05, 3.63) is 64.1 Å². The van der Waals surface area contributed by atoms with Crippen LogP contribution in [0.3, 0.4) is 0 Å². The second kappa shape index (κ2) is 9.11. The van der Waals surface area contributed by atoms with E-state index >= 15 is 0 Å². The quantitative estimate of drug-likeness (QED) is 0.776.